The minimum Gasteiger partial charge on any atom is -0.330 e. The highest BCUT2D eigenvalue weighted by atomic mass is 14.8. The van der Waals surface area contributed by atoms with E-state index in [0.717, 1.165) is 19.3 Å². The van der Waals surface area contributed by atoms with Gasteiger partial charge in [0.25, 0.3) is 0 Å². The summed E-state index contributed by atoms with van der Waals surface area (Å²) in [5.74, 6) is 0.306. The van der Waals surface area contributed by atoms with E-state index >= 15 is 0 Å². The Kier molecular flexibility index (Phi) is 8.04. The lowest BCUT2D eigenvalue weighted by Crippen LogP contribution is -2.48. The fourth-order valence-electron chi connectivity index (χ4n) is 3.36. The lowest BCUT2D eigenvalue weighted by atomic mass is 9.88. The van der Waals surface area contributed by atoms with Gasteiger partial charge in [0.05, 0.1) is 0 Å². The summed E-state index contributed by atoms with van der Waals surface area (Å²) in [4.78, 5) is 0. The van der Waals surface area contributed by atoms with E-state index in [1.54, 1.807) is 0 Å². The number of hydrogen-bond donors (Lipinski definition) is 7. The molecule has 7 heteroatoms. The molecule has 0 spiro atoms. The summed E-state index contributed by atoms with van der Waals surface area (Å²) in [7, 11) is 0. The van der Waals surface area contributed by atoms with Crippen molar-refractivity contribution >= 4 is 0 Å². The third-order valence-corrected chi connectivity index (χ3v) is 4.52. The largest absolute Gasteiger partial charge is 0.330 e. The average molecular weight is 301 g/mol. The van der Waals surface area contributed by atoms with Crippen molar-refractivity contribution in [2.45, 2.75) is 74.8 Å². The van der Waals surface area contributed by atoms with Crippen LogP contribution in [0.25, 0.3) is 0 Å². The minimum absolute atomic E-state index is 0.00236. The average Bonchev–Trinajstić information content (AvgIpc) is 2.36. The summed E-state index contributed by atoms with van der Waals surface area (Å²) in [6.07, 6.45) is 4.48. The Balaban J connectivity index is 2.74. The van der Waals surface area contributed by atoms with Crippen LogP contribution in [-0.4, -0.2) is 42.8 Å². The molecule has 21 heavy (non-hydrogen) atoms. The standard InChI is InChI=1S/C14H35N7/c15-7-8-1-9(16)3-11(18)4-12(19)6-14(21)13(20)5-10(17)2-8/h8-14H,1-7,15-21H2. The van der Waals surface area contributed by atoms with Crippen molar-refractivity contribution < 1.29 is 0 Å². The van der Waals surface area contributed by atoms with Crippen molar-refractivity contribution in [1.29, 1.82) is 0 Å². The Morgan fingerprint density at radius 2 is 0.857 bits per heavy atom. The summed E-state index contributed by atoms with van der Waals surface area (Å²) in [5.41, 5.74) is 42.8. The van der Waals surface area contributed by atoms with E-state index in [2.05, 4.69) is 0 Å². The molecule has 0 radical (unpaired) electrons. The molecule has 7 unspecified atom stereocenters. The Bertz CT molecular complexity index is 288. The highest BCUT2D eigenvalue weighted by Crippen LogP contribution is 2.18. The van der Waals surface area contributed by atoms with Gasteiger partial charge in [0.2, 0.25) is 0 Å². The predicted octanol–water partition coefficient (Wildman–Crippen LogP) is -2.12. The first kappa shape index (κ1) is 18.8. The lowest BCUT2D eigenvalue weighted by Gasteiger charge is -2.26. The van der Waals surface area contributed by atoms with Gasteiger partial charge in [-0.15, -0.1) is 0 Å². The van der Waals surface area contributed by atoms with Crippen LogP contribution in [0, 0.1) is 5.92 Å². The number of nitrogens with two attached hydrogens (primary N) is 7. The van der Waals surface area contributed by atoms with E-state index in [9.17, 15) is 0 Å². The normalized spacial score (nSPS) is 44.4. The van der Waals surface area contributed by atoms with Crippen LogP contribution < -0.4 is 40.1 Å². The molecule has 1 saturated carbocycles. The molecule has 7 nitrogen and oxygen atoms in total. The van der Waals surface area contributed by atoms with Crippen molar-refractivity contribution in [2.75, 3.05) is 6.54 Å². The van der Waals surface area contributed by atoms with E-state index in [0.29, 0.717) is 31.7 Å². The van der Waals surface area contributed by atoms with Crippen molar-refractivity contribution in [3.63, 3.8) is 0 Å². The van der Waals surface area contributed by atoms with Gasteiger partial charge in [0, 0.05) is 36.3 Å². The summed E-state index contributed by atoms with van der Waals surface area (Å²) in [6.45, 7) is 0.581. The molecule has 1 aliphatic rings. The zero-order chi connectivity index (χ0) is 16.0. The Hall–Kier alpha value is -0.280. The van der Waals surface area contributed by atoms with E-state index in [-0.39, 0.29) is 36.3 Å². The highest BCUT2D eigenvalue weighted by molar-refractivity contribution is 4.87. The van der Waals surface area contributed by atoms with E-state index in [4.69, 9.17) is 40.1 Å². The summed E-state index contributed by atoms with van der Waals surface area (Å²) in [5, 5.41) is 0. The van der Waals surface area contributed by atoms with Crippen LogP contribution in [0.5, 0.6) is 0 Å². The molecule has 1 fully saturated rings. The van der Waals surface area contributed by atoms with Gasteiger partial charge < -0.3 is 40.1 Å². The maximum absolute atomic E-state index is 6.19. The molecule has 14 N–H and O–H groups in total. The fourth-order valence-corrected chi connectivity index (χ4v) is 3.36. The third-order valence-electron chi connectivity index (χ3n) is 4.52. The molecule has 0 aromatic heterocycles. The van der Waals surface area contributed by atoms with Gasteiger partial charge in [-0.3, -0.25) is 0 Å². The second kappa shape index (κ2) is 8.99. The molecule has 0 heterocycles. The number of hydrogen-bond acceptors (Lipinski definition) is 7. The first-order valence-corrected chi connectivity index (χ1v) is 8.05. The van der Waals surface area contributed by atoms with Crippen LogP contribution in [0.3, 0.4) is 0 Å². The van der Waals surface area contributed by atoms with Crippen molar-refractivity contribution in [2.24, 2.45) is 46.1 Å². The topological polar surface area (TPSA) is 182 Å². The molecule has 0 saturated heterocycles. The van der Waals surface area contributed by atoms with Crippen molar-refractivity contribution in [1.82, 2.24) is 0 Å². The molecule has 1 aliphatic carbocycles. The van der Waals surface area contributed by atoms with E-state index in [1.807, 2.05) is 0 Å². The van der Waals surface area contributed by atoms with Crippen LogP contribution >= 0.6 is 0 Å². The van der Waals surface area contributed by atoms with E-state index < -0.39 is 0 Å². The smallest absolute Gasteiger partial charge is 0.0207 e. The van der Waals surface area contributed by atoms with Gasteiger partial charge in [0.1, 0.15) is 0 Å². The van der Waals surface area contributed by atoms with Gasteiger partial charge >= 0.3 is 0 Å². The molecule has 1 rings (SSSR count). The number of rotatable bonds is 1. The quantitative estimate of drug-likeness (QED) is 0.289. The van der Waals surface area contributed by atoms with Crippen molar-refractivity contribution in [3.8, 4) is 0 Å². The first-order valence-electron chi connectivity index (χ1n) is 8.05. The van der Waals surface area contributed by atoms with E-state index in [1.165, 1.54) is 0 Å². The molecular weight excluding hydrogens is 266 g/mol. The second-order valence-electron chi connectivity index (χ2n) is 6.88. The molecular formula is C14H35N7. The zero-order valence-electron chi connectivity index (χ0n) is 13.0. The fraction of sp³-hybridized carbons (Fsp3) is 1.00. The van der Waals surface area contributed by atoms with Gasteiger partial charge in [-0.25, -0.2) is 0 Å². The molecule has 7 atom stereocenters. The molecule has 0 aliphatic heterocycles. The van der Waals surface area contributed by atoms with Crippen LogP contribution in [0.4, 0.5) is 0 Å². The molecule has 0 amide bonds. The SMILES string of the molecule is NCC1CC(N)CC(N)CC(N)CC(N)C(N)CC(N)C1. The maximum Gasteiger partial charge on any atom is 0.0207 e. The van der Waals surface area contributed by atoms with Gasteiger partial charge in [0.15, 0.2) is 0 Å². The summed E-state index contributed by atoms with van der Waals surface area (Å²) < 4.78 is 0. The lowest BCUT2D eigenvalue weighted by molar-refractivity contribution is 0.343. The Labute approximate surface area is 128 Å². The molecule has 0 bridgehead atoms. The Morgan fingerprint density at radius 1 is 0.524 bits per heavy atom. The Morgan fingerprint density at radius 3 is 1.29 bits per heavy atom. The van der Waals surface area contributed by atoms with Crippen molar-refractivity contribution in [3.05, 3.63) is 0 Å². The zero-order valence-corrected chi connectivity index (χ0v) is 13.0. The third kappa shape index (κ3) is 7.01. The van der Waals surface area contributed by atoms with Crippen LogP contribution in [-0.2, 0) is 0 Å². The van der Waals surface area contributed by atoms with Crippen LogP contribution in [0.15, 0.2) is 0 Å². The van der Waals surface area contributed by atoms with Crippen LogP contribution in [0.1, 0.15) is 38.5 Å². The molecule has 0 aromatic carbocycles. The second-order valence-corrected chi connectivity index (χ2v) is 6.88. The highest BCUT2D eigenvalue weighted by Gasteiger charge is 2.24. The van der Waals surface area contributed by atoms with Gasteiger partial charge in [-0.2, -0.15) is 0 Å². The molecule has 0 aromatic rings. The van der Waals surface area contributed by atoms with Gasteiger partial charge in [-0.1, -0.05) is 0 Å². The molecule has 126 valence electrons. The summed E-state index contributed by atoms with van der Waals surface area (Å²) >= 11 is 0. The first-order chi connectivity index (χ1) is 9.81. The predicted molar refractivity (Wildman–Crippen MR) is 88.1 cm³/mol. The summed E-state index contributed by atoms with van der Waals surface area (Å²) in [6, 6.07) is -0.311. The monoisotopic (exact) mass is 301 g/mol. The van der Waals surface area contributed by atoms with Crippen LogP contribution in [0.2, 0.25) is 0 Å². The minimum atomic E-state index is -0.149. The maximum atomic E-state index is 6.19. The van der Waals surface area contributed by atoms with Gasteiger partial charge in [-0.05, 0) is 51.0 Å².